The van der Waals surface area contributed by atoms with Gasteiger partial charge in [-0.3, -0.25) is 0 Å². The fourth-order valence-corrected chi connectivity index (χ4v) is 1.55. The van der Waals surface area contributed by atoms with E-state index in [1.807, 2.05) is 12.1 Å². The molecule has 0 spiro atoms. The van der Waals surface area contributed by atoms with Crippen LogP contribution in [-0.4, -0.2) is 11.9 Å². The molecule has 0 radical (unpaired) electrons. The number of halogens is 2. The molecular formula is C10H13BrClN. The van der Waals surface area contributed by atoms with Crippen LogP contribution in [0.25, 0.3) is 0 Å². The van der Waals surface area contributed by atoms with E-state index in [1.54, 1.807) is 0 Å². The summed E-state index contributed by atoms with van der Waals surface area (Å²) < 4.78 is 1.12. The van der Waals surface area contributed by atoms with Gasteiger partial charge >= 0.3 is 0 Å². The van der Waals surface area contributed by atoms with E-state index in [2.05, 4.69) is 40.3 Å². The van der Waals surface area contributed by atoms with Crippen molar-refractivity contribution in [3.8, 4) is 0 Å². The van der Waals surface area contributed by atoms with Crippen LogP contribution in [0.5, 0.6) is 0 Å². The van der Waals surface area contributed by atoms with E-state index in [4.69, 9.17) is 11.6 Å². The van der Waals surface area contributed by atoms with Gasteiger partial charge in [-0.15, -0.1) is 11.6 Å². The van der Waals surface area contributed by atoms with Gasteiger partial charge in [0.1, 0.15) is 0 Å². The number of rotatable bonds is 4. The number of benzene rings is 1. The van der Waals surface area contributed by atoms with E-state index >= 15 is 0 Å². The molecule has 1 rings (SSSR count). The van der Waals surface area contributed by atoms with E-state index in [1.165, 1.54) is 5.56 Å². The van der Waals surface area contributed by atoms with Crippen LogP contribution in [0.3, 0.4) is 0 Å². The van der Waals surface area contributed by atoms with Crippen molar-refractivity contribution < 1.29 is 0 Å². The van der Waals surface area contributed by atoms with Gasteiger partial charge in [-0.2, -0.15) is 0 Å². The first kappa shape index (κ1) is 11.0. The first-order valence-electron chi connectivity index (χ1n) is 4.26. The van der Waals surface area contributed by atoms with Gasteiger partial charge in [-0.05, 0) is 24.6 Å². The van der Waals surface area contributed by atoms with Crippen molar-refractivity contribution in [3.63, 3.8) is 0 Å². The summed E-state index contributed by atoms with van der Waals surface area (Å²) in [5.41, 5.74) is 1.27. The van der Waals surface area contributed by atoms with Crippen LogP contribution in [0, 0.1) is 0 Å². The fraction of sp³-hybridized carbons (Fsp3) is 0.400. The number of nitrogens with one attached hydrogen (secondary N) is 1. The lowest BCUT2D eigenvalue weighted by molar-refractivity contribution is 0.593. The molecule has 1 atom stereocenters. The highest BCUT2D eigenvalue weighted by Crippen LogP contribution is 2.11. The van der Waals surface area contributed by atoms with Crippen molar-refractivity contribution >= 4 is 27.5 Å². The van der Waals surface area contributed by atoms with Crippen LogP contribution in [0.4, 0.5) is 0 Å². The van der Waals surface area contributed by atoms with Crippen molar-refractivity contribution in [2.24, 2.45) is 0 Å². The minimum absolute atomic E-state index is 0.362. The largest absolute Gasteiger partial charge is 0.309 e. The van der Waals surface area contributed by atoms with Gasteiger partial charge in [0.15, 0.2) is 0 Å². The zero-order valence-corrected chi connectivity index (χ0v) is 9.90. The summed E-state index contributed by atoms with van der Waals surface area (Å²) in [6, 6.07) is 8.62. The van der Waals surface area contributed by atoms with Gasteiger partial charge in [-0.25, -0.2) is 0 Å². The molecule has 1 aromatic carbocycles. The van der Waals surface area contributed by atoms with E-state index < -0.39 is 0 Å². The first-order chi connectivity index (χ1) is 6.22. The van der Waals surface area contributed by atoms with Crippen molar-refractivity contribution in [1.82, 2.24) is 5.32 Å². The fourth-order valence-electron chi connectivity index (χ4n) is 0.994. The Morgan fingerprint density at radius 3 is 2.92 bits per heavy atom. The monoisotopic (exact) mass is 261 g/mol. The molecule has 1 unspecified atom stereocenters. The Bertz CT molecular complexity index is 265. The Labute approximate surface area is 92.6 Å². The lowest BCUT2D eigenvalue weighted by atomic mass is 10.2. The number of alkyl halides is 1. The standard InChI is InChI=1S/C10H13BrClN/c1-8(6-12)13-7-9-3-2-4-10(11)5-9/h2-5,8,13H,6-7H2,1H3. The van der Waals surface area contributed by atoms with Gasteiger partial charge in [0.2, 0.25) is 0 Å². The highest BCUT2D eigenvalue weighted by Gasteiger charge is 1.98. The van der Waals surface area contributed by atoms with Crippen molar-refractivity contribution in [1.29, 1.82) is 0 Å². The van der Waals surface area contributed by atoms with Crippen LogP contribution < -0.4 is 5.32 Å². The van der Waals surface area contributed by atoms with E-state index in [9.17, 15) is 0 Å². The maximum Gasteiger partial charge on any atom is 0.0374 e. The van der Waals surface area contributed by atoms with Crippen LogP contribution >= 0.6 is 27.5 Å². The van der Waals surface area contributed by atoms with Gasteiger partial charge < -0.3 is 5.32 Å². The molecule has 3 heteroatoms. The summed E-state index contributed by atoms with van der Waals surface area (Å²) in [6.45, 7) is 2.94. The van der Waals surface area contributed by atoms with E-state index in [0.717, 1.165) is 11.0 Å². The van der Waals surface area contributed by atoms with Crippen LogP contribution in [0.1, 0.15) is 12.5 Å². The Kier molecular flexibility index (Phi) is 4.78. The third-order valence-corrected chi connectivity index (χ3v) is 2.73. The van der Waals surface area contributed by atoms with Crippen LogP contribution in [0.2, 0.25) is 0 Å². The highest BCUT2D eigenvalue weighted by molar-refractivity contribution is 9.10. The molecular weight excluding hydrogens is 249 g/mol. The smallest absolute Gasteiger partial charge is 0.0374 e. The van der Waals surface area contributed by atoms with E-state index in [0.29, 0.717) is 11.9 Å². The summed E-state index contributed by atoms with van der Waals surface area (Å²) in [4.78, 5) is 0. The zero-order valence-electron chi connectivity index (χ0n) is 7.56. The highest BCUT2D eigenvalue weighted by atomic mass is 79.9. The van der Waals surface area contributed by atoms with Crippen molar-refractivity contribution in [2.45, 2.75) is 19.5 Å². The van der Waals surface area contributed by atoms with Gasteiger partial charge in [-0.1, -0.05) is 28.1 Å². The zero-order chi connectivity index (χ0) is 9.68. The molecule has 0 aliphatic rings. The number of hydrogen-bond donors (Lipinski definition) is 1. The minimum Gasteiger partial charge on any atom is -0.309 e. The van der Waals surface area contributed by atoms with Crippen LogP contribution in [-0.2, 0) is 6.54 Å². The second-order valence-corrected chi connectivity index (χ2v) is 4.29. The summed E-state index contributed by atoms with van der Waals surface area (Å²) >= 11 is 9.11. The van der Waals surface area contributed by atoms with Crippen LogP contribution in [0.15, 0.2) is 28.7 Å². The molecule has 0 aromatic heterocycles. The Morgan fingerprint density at radius 1 is 1.54 bits per heavy atom. The molecule has 1 aromatic rings. The molecule has 0 saturated carbocycles. The molecule has 0 aliphatic carbocycles. The van der Waals surface area contributed by atoms with Crippen molar-refractivity contribution in [2.75, 3.05) is 5.88 Å². The molecule has 0 saturated heterocycles. The molecule has 1 nitrogen and oxygen atoms in total. The maximum absolute atomic E-state index is 5.68. The maximum atomic E-state index is 5.68. The van der Waals surface area contributed by atoms with Gasteiger partial charge in [0, 0.05) is 22.9 Å². The Balaban J connectivity index is 2.45. The average Bonchev–Trinajstić information content (AvgIpc) is 2.14. The quantitative estimate of drug-likeness (QED) is 0.822. The molecule has 1 N–H and O–H groups in total. The normalized spacial score (nSPS) is 12.8. The lowest BCUT2D eigenvalue weighted by Gasteiger charge is -2.10. The topological polar surface area (TPSA) is 12.0 Å². The van der Waals surface area contributed by atoms with Crippen molar-refractivity contribution in [3.05, 3.63) is 34.3 Å². The predicted molar refractivity (Wildman–Crippen MR) is 61.2 cm³/mol. The molecule has 0 aliphatic heterocycles. The first-order valence-corrected chi connectivity index (χ1v) is 5.59. The summed E-state index contributed by atoms with van der Waals surface area (Å²) in [6.07, 6.45) is 0. The summed E-state index contributed by atoms with van der Waals surface area (Å²) in [5.74, 6) is 0.647. The molecule has 0 heterocycles. The average molecular weight is 263 g/mol. The van der Waals surface area contributed by atoms with Gasteiger partial charge in [0.05, 0.1) is 0 Å². The third-order valence-electron chi connectivity index (χ3n) is 1.78. The Hall–Kier alpha value is -0.0500. The second-order valence-electron chi connectivity index (χ2n) is 3.07. The molecule has 72 valence electrons. The lowest BCUT2D eigenvalue weighted by Crippen LogP contribution is -2.26. The molecule has 0 fully saturated rings. The predicted octanol–water partition coefficient (Wildman–Crippen LogP) is 3.17. The minimum atomic E-state index is 0.362. The number of hydrogen-bond acceptors (Lipinski definition) is 1. The molecule has 0 amide bonds. The summed E-state index contributed by atoms with van der Waals surface area (Å²) in [5, 5.41) is 3.32. The molecule has 0 bridgehead atoms. The SMILES string of the molecule is CC(CCl)NCc1cccc(Br)c1. The third kappa shape index (κ3) is 4.12. The second kappa shape index (κ2) is 5.63. The Morgan fingerprint density at radius 2 is 2.31 bits per heavy atom. The van der Waals surface area contributed by atoms with Gasteiger partial charge in [0.25, 0.3) is 0 Å². The van der Waals surface area contributed by atoms with E-state index in [-0.39, 0.29) is 0 Å². The molecule has 13 heavy (non-hydrogen) atoms. The summed E-state index contributed by atoms with van der Waals surface area (Å²) in [7, 11) is 0.